The van der Waals surface area contributed by atoms with E-state index < -0.39 is 10.0 Å². The molecule has 0 fully saturated rings. The van der Waals surface area contributed by atoms with Gasteiger partial charge in [0.25, 0.3) is 10.0 Å². The summed E-state index contributed by atoms with van der Waals surface area (Å²) >= 11 is 0. The smallest absolute Gasteiger partial charge is 0.263 e. The van der Waals surface area contributed by atoms with Crippen LogP contribution in [0.1, 0.15) is 0 Å². The molecule has 2 aromatic rings. The van der Waals surface area contributed by atoms with E-state index in [4.69, 9.17) is 11.5 Å². The third-order valence-electron chi connectivity index (χ3n) is 2.12. The Morgan fingerprint density at radius 3 is 2.33 bits per heavy atom. The maximum Gasteiger partial charge on any atom is 0.263 e. The number of nitrogens with two attached hydrogens (primary N) is 2. The van der Waals surface area contributed by atoms with Crippen molar-refractivity contribution in [3.05, 3.63) is 36.7 Å². The molecule has 7 nitrogen and oxygen atoms in total. The third-order valence-corrected chi connectivity index (χ3v) is 3.49. The van der Waals surface area contributed by atoms with Crippen molar-refractivity contribution in [3.8, 4) is 0 Å². The van der Waals surface area contributed by atoms with Crippen molar-refractivity contribution in [3.63, 3.8) is 0 Å². The Morgan fingerprint density at radius 1 is 1.06 bits per heavy atom. The molecule has 0 radical (unpaired) electrons. The molecule has 0 saturated carbocycles. The number of hydrogen-bond acceptors (Lipinski definition) is 6. The minimum atomic E-state index is -3.70. The molecule has 0 amide bonds. The van der Waals surface area contributed by atoms with Crippen LogP contribution in [-0.2, 0) is 10.0 Å². The van der Waals surface area contributed by atoms with Crippen molar-refractivity contribution < 1.29 is 8.42 Å². The van der Waals surface area contributed by atoms with Gasteiger partial charge in [0.05, 0.1) is 4.90 Å². The maximum atomic E-state index is 12.0. The third kappa shape index (κ3) is 2.66. The largest absolute Gasteiger partial charge is 0.399 e. The molecule has 18 heavy (non-hydrogen) atoms. The molecule has 0 bridgehead atoms. The van der Waals surface area contributed by atoms with Crippen LogP contribution in [0.15, 0.2) is 41.6 Å². The summed E-state index contributed by atoms with van der Waals surface area (Å²) in [5.41, 5.74) is 11.4. The second kappa shape index (κ2) is 4.49. The predicted molar refractivity (Wildman–Crippen MR) is 68.1 cm³/mol. The number of nitrogens with one attached hydrogen (secondary N) is 1. The lowest BCUT2D eigenvalue weighted by atomic mass is 10.3. The van der Waals surface area contributed by atoms with Crippen LogP contribution < -0.4 is 16.2 Å². The van der Waals surface area contributed by atoms with E-state index in [9.17, 15) is 8.42 Å². The number of rotatable bonds is 3. The van der Waals surface area contributed by atoms with Crippen LogP contribution in [0.3, 0.4) is 0 Å². The van der Waals surface area contributed by atoms with Crippen LogP contribution in [0, 0.1) is 0 Å². The highest BCUT2D eigenvalue weighted by Crippen LogP contribution is 2.16. The van der Waals surface area contributed by atoms with E-state index in [-0.39, 0.29) is 16.5 Å². The van der Waals surface area contributed by atoms with Gasteiger partial charge in [0, 0.05) is 11.8 Å². The van der Waals surface area contributed by atoms with Gasteiger partial charge in [-0.25, -0.2) is 18.4 Å². The van der Waals surface area contributed by atoms with E-state index in [1.165, 1.54) is 36.7 Å². The van der Waals surface area contributed by atoms with Crippen LogP contribution >= 0.6 is 0 Å². The number of nitrogens with zero attached hydrogens (tertiary/aromatic N) is 2. The number of hydrogen-bond donors (Lipinski definition) is 3. The molecule has 0 spiro atoms. The van der Waals surface area contributed by atoms with E-state index in [1.807, 2.05) is 0 Å². The first-order valence-electron chi connectivity index (χ1n) is 4.93. The summed E-state index contributed by atoms with van der Waals surface area (Å²) in [6, 6.07) is 7.14. The highest BCUT2D eigenvalue weighted by Gasteiger charge is 2.14. The highest BCUT2D eigenvalue weighted by molar-refractivity contribution is 7.92. The second-order valence-electron chi connectivity index (χ2n) is 3.50. The Hall–Kier alpha value is -2.35. The predicted octanol–water partition coefficient (Wildman–Crippen LogP) is 0.442. The van der Waals surface area contributed by atoms with Crippen LogP contribution in [-0.4, -0.2) is 18.4 Å². The Morgan fingerprint density at radius 2 is 1.72 bits per heavy atom. The van der Waals surface area contributed by atoms with Crippen molar-refractivity contribution in [2.75, 3.05) is 16.2 Å². The van der Waals surface area contributed by atoms with E-state index in [0.717, 1.165) is 0 Å². The lowest BCUT2D eigenvalue weighted by Gasteiger charge is -2.07. The summed E-state index contributed by atoms with van der Waals surface area (Å²) in [4.78, 5) is 7.52. The van der Waals surface area contributed by atoms with Crippen molar-refractivity contribution >= 4 is 27.3 Å². The van der Waals surface area contributed by atoms with Crippen LogP contribution in [0.5, 0.6) is 0 Å². The van der Waals surface area contributed by atoms with Crippen LogP contribution in [0.2, 0.25) is 0 Å². The molecule has 0 aliphatic heterocycles. The Labute approximate surface area is 104 Å². The summed E-state index contributed by atoms with van der Waals surface area (Å²) in [5.74, 6) is 0.291. The molecule has 0 aliphatic carbocycles. The molecule has 1 aromatic heterocycles. The number of benzene rings is 1. The second-order valence-corrected chi connectivity index (χ2v) is 5.19. The molecule has 1 heterocycles. The van der Waals surface area contributed by atoms with Crippen LogP contribution in [0.4, 0.5) is 17.3 Å². The molecular weight excluding hydrogens is 254 g/mol. The van der Waals surface area contributed by atoms with Gasteiger partial charge in [-0.2, -0.15) is 0 Å². The molecule has 2 rings (SSSR count). The van der Waals surface area contributed by atoms with E-state index >= 15 is 0 Å². The fraction of sp³-hybridized carbons (Fsp3) is 0. The quantitative estimate of drug-likeness (QED) is 0.692. The maximum absolute atomic E-state index is 12.0. The lowest BCUT2D eigenvalue weighted by Crippen LogP contribution is -2.14. The zero-order chi connectivity index (χ0) is 13.2. The van der Waals surface area contributed by atoms with Crippen molar-refractivity contribution in [2.24, 2.45) is 0 Å². The fourth-order valence-corrected chi connectivity index (χ4v) is 2.27. The van der Waals surface area contributed by atoms with Crippen molar-refractivity contribution in [2.45, 2.75) is 4.90 Å². The summed E-state index contributed by atoms with van der Waals surface area (Å²) in [6.07, 6.45) is 1.18. The van der Waals surface area contributed by atoms with Gasteiger partial charge in [-0.15, -0.1) is 0 Å². The molecule has 0 aliphatic rings. The van der Waals surface area contributed by atoms with Gasteiger partial charge in [-0.1, -0.05) is 0 Å². The van der Waals surface area contributed by atoms with Gasteiger partial charge in [-0.3, -0.25) is 4.72 Å². The molecular formula is C10H11N5O2S. The average molecular weight is 265 g/mol. The van der Waals surface area contributed by atoms with Crippen LogP contribution in [0.25, 0.3) is 0 Å². The molecule has 1 aromatic carbocycles. The molecule has 94 valence electrons. The molecule has 5 N–H and O–H groups in total. The summed E-state index contributed by atoms with van der Waals surface area (Å²) in [7, 11) is -3.70. The molecule has 8 heteroatoms. The van der Waals surface area contributed by atoms with Gasteiger partial charge in [0.2, 0.25) is 0 Å². The Kier molecular flexibility index (Phi) is 3.02. The lowest BCUT2D eigenvalue weighted by molar-refractivity contribution is 0.601. The van der Waals surface area contributed by atoms with Gasteiger partial charge < -0.3 is 11.5 Å². The minimum Gasteiger partial charge on any atom is -0.399 e. The summed E-state index contributed by atoms with van der Waals surface area (Å²) in [6.45, 7) is 0. The first kappa shape index (κ1) is 12.1. The van der Waals surface area contributed by atoms with Gasteiger partial charge in [-0.05, 0) is 24.3 Å². The topological polar surface area (TPSA) is 124 Å². The summed E-state index contributed by atoms with van der Waals surface area (Å²) in [5, 5.41) is 0. The fourth-order valence-electron chi connectivity index (χ4n) is 1.27. The van der Waals surface area contributed by atoms with Gasteiger partial charge in [0.1, 0.15) is 18.0 Å². The molecule has 0 unspecified atom stereocenters. The summed E-state index contributed by atoms with van der Waals surface area (Å²) < 4.78 is 26.2. The standard InChI is InChI=1S/C10H11N5O2S/c11-7-1-3-8(4-2-7)18(16,17)15-10-5-9(12)13-6-14-10/h1-6H,11H2,(H3,12,13,14,15). The zero-order valence-corrected chi connectivity index (χ0v) is 10.1. The molecule has 0 atom stereocenters. The Bertz CT molecular complexity index is 654. The first-order valence-corrected chi connectivity index (χ1v) is 6.41. The highest BCUT2D eigenvalue weighted by atomic mass is 32.2. The monoisotopic (exact) mass is 265 g/mol. The normalized spacial score (nSPS) is 11.1. The van der Waals surface area contributed by atoms with Gasteiger partial charge >= 0.3 is 0 Å². The molecule has 0 saturated heterocycles. The minimum absolute atomic E-state index is 0.0916. The van der Waals surface area contributed by atoms with Crippen molar-refractivity contribution in [1.82, 2.24) is 9.97 Å². The zero-order valence-electron chi connectivity index (χ0n) is 9.24. The SMILES string of the molecule is Nc1ccc(S(=O)(=O)Nc2cc(N)ncn2)cc1. The number of sulfonamides is 1. The Balaban J connectivity index is 2.30. The number of nitrogen functional groups attached to an aromatic ring is 2. The van der Waals surface area contributed by atoms with E-state index in [0.29, 0.717) is 5.69 Å². The number of anilines is 3. The number of aromatic nitrogens is 2. The average Bonchev–Trinajstić information content (AvgIpc) is 2.29. The van der Waals surface area contributed by atoms with Crippen molar-refractivity contribution in [1.29, 1.82) is 0 Å². The van der Waals surface area contributed by atoms with E-state index in [1.54, 1.807) is 0 Å². The van der Waals surface area contributed by atoms with E-state index in [2.05, 4.69) is 14.7 Å². The first-order chi connectivity index (χ1) is 8.47. The van der Waals surface area contributed by atoms with Gasteiger partial charge in [0.15, 0.2) is 0 Å².